The van der Waals surface area contributed by atoms with Crippen LogP contribution in [-0.2, 0) is 6.18 Å². The number of carbonyl (C=O) groups is 1. The average Bonchev–Trinajstić information content (AvgIpc) is 2.52. The minimum Gasteiger partial charge on any atom is -0.289 e. The third kappa shape index (κ3) is 4.26. The zero-order chi connectivity index (χ0) is 17.0. The number of allylic oxidation sites excluding steroid dienone is 1. The van der Waals surface area contributed by atoms with Crippen LogP contribution in [0.1, 0.15) is 21.5 Å². The lowest BCUT2D eigenvalue weighted by atomic mass is 10.1. The Morgan fingerprint density at radius 2 is 1.78 bits per heavy atom. The van der Waals surface area contributed by atoms with Crippen molar-refractivity contribution in [2.45, 2.75) is 6.18 Å². The molecule has 0 aromatic heterocycles. The monoisotopic (exact) mass is 321 g/mol. The Hall–Kier alpha value is -2.96. The predicted molar refractivity (Wildman–Crippen MR) is 77.9 cm³/mol. The lowest BCUT2D eigenvalue weighted by Gasteiger charge is -2.06. The van der Waals surface area contributed by atoms with Gasteiger partial charge in [-0.15, -0.1) is 0 Å². The molecule has 0 aliphatic rings. The van der Waals surface area contributed by atoms with Crippen molar-refractivity contribution in [2.24, 2.45) is 0 Å². The van der Waals surface area contributed by atoms with Crippen LogP contribution in [0.15, 0.2) is 54.6 Å². The number of nitro benzene ring substituents is 1. The molecular formula is C16H10F3NO3. The summed E-state index contributed by atoms with van der Waals surface area (Å²) < 4.78 is 37.8. The van der Waals surface area contributed by atoms with Crippen LogP contribution in [0, 0.1) is 10.1 Å². The Bertz CT molecular complexity index is 782. The first-order valence-corrected chi connectivity index (χ1v) is 6.41. The molecule has 0 aliphatic carbocycles. The van der Waals surface area contributed by atoms with E-state index in [1.165, 1.54) is 36.4 Å². The molecule has 4 nitrogen and oxygen atoms in total. The van der Waals surface area contributed by atoms with E-state index in [4.69, 9.17) is 0 Å². The molecule has 0 unspecified atom stereocenters. The van der Waals surface area contributed by atoms with Gasteiger partial charge in [0.15, 0.2) is 5.78 Å². The van der Waals surface area contributed by atoms with Gasteiger partial charge >= 0.3 is 6.18 Å². The van der Waals surface area contributed by atoms with E-state index >= 15 is 0 Å². The van der Waals surface area contributed by atoms with Gasteiger partial charge in [-0.3, -0.25) is 14.9 Å². The molecule has 0 atom stereocenters. The minimum absolute atomic E-state index is 0.0856. The molecule has 0 aliphatic heterocycles. The van der Waals surface area contributed by atoms with Crippen molar-refractivity contribution >= 4 is 17.5 Å². The predicted octanol–water partition coefficient (Wildman–Crippen LogP) is 4.51. The van der Waals surface area contributed by atoms with Crippen LogP contribution < -0.4 is 0 Å². The van der Waals surface area contributed by atoms with Crippen LogP contribution in [0.3, 0.4) is 0 Å². The molecule has 2 aromatic carbocycles. The van der Waals surface area contributed by atoms with E-state index in [0.29, 0.717) is 0 Å². The molecule has 118 valence electrons. The molecule has 0 N–H and O–H groups in total. The van der Waals surface area contributed by atoms with Crippen molar-refractivity contribution in [3.63, 3.8) is 0 Å². The number of nitro groups is 1. The van der Waals surface area contributed by atoms with Gasteiger partial charge in [-0.2, -0.15) is 13.2 Å². The van der Waals surface area contributed by atoms with Crippen LogP contribution in [-0.4, -0.2) is 10.7 Å². The highest BCUT2D eigenvalue weighted by Crippen LogP contribution is 2.29. The second-order valence-corrected chi connectivity index (χ2v) is 4.63. The largest absolute Gasteiger partial charge is 0.416 e. The van der Waals surface area contributed by atoms with E-state index in [0.717, 1.165) is 24.3 Å². The highest BCUT2D eigenvalue weighted by molar-refractivity contribution is 6.07. The maximum absolute atomic E-state index is 12.6. The van der Waals surface area contributed by atoms with Crippen LogP contribution in [0.5, 0.6) is 0 Å². The topological polar surface area (TPSA) is 60.2 Å². The molecule has 2 rings (SSSR count). The first kappa shape index (κ1) is 16.4. The number of hydrogen-bond acceptors (Lipinski definition) is 3. The molecule has 2 aromatic rings. The molecule has 0 spiro atoms. The van der Waals surface area contributed by atoms with Gasteiger partial charge in [0.2, 0.25) is 0 Å². The van der Waals surface area contributed by atoms with E-state index in [1.807, 2.05) is 0 Å². The third-order valence-corrected chi connectivity index (χ3v) is 2.98. The number of rotatable bonds is 4. The molecule has 0 heterocycles. The van der Waals surface area contributed by atoms with E-state index in [1.54, 1.807) is 0 Å². The van der Waals surface area contributed by atoms with Gasteiger partial charge in [0.25, 0.3) is 5.69 Å². The van der Waals surface area contributed by atoms with Gasteiger partial charge in [-0.1, -0.05) is 30.3 Å². The Kier molecular flexibility index (Phi) is 4.59. The quantitative estimate of drug-likeness (QED) is 0.360. The fraction of sp³-hybridized carbons (Fsp3) is 0.0625. The number of ketones is 1. The second kappa shape index (κ2) is 6.43. The number of halogens is 3. The number of alkyl halides is 3. The van der Waals surface area contributed by atoms with Gasteiger partial charge in [0.1, 0.15) is 0 Å². The zero-order valence-electron chi connectivity index (χ0n) is 11.6. The van der Waals surface area contributed by atoms with Crippen LogP contribution in [0.25, 0.3) is 6.08 Å². The van der Waals surface area contributed by atoms with E-state index < -0.39 is 22.4 Å². The Labute approximate surface area is 129 Å². The lowest BCUT2D eigenvalue weighted by Crippen LogP contribution is -2.04. The van der Waals surface area contributed by atoms with Crippen molar-refractivity contribution in [2.75, 3.05) is 0 Å². The summed E-state index contributed by atoms with van der Waals surface area (Å²) >= 11 is 0. The lowest BCUT2D eigenvalue weighted by molar-refractivity contribution is -0.384. The number of hydrogen-bond donors (Lipinski definition) is 0. The van der Waals surface area contributed by atoms with E-state index in [-0.39, 0.29) is 16.8 Å². The minimum atomic E-state index is -4.46. The molecule has 0 fully saturated rings. The van der Waals surface area contributed by atoms with Crippen molar-refractivity contribution in [1.29, 1.82) is 0 Å². The van der Waals surface area contributed by atoms with Crippen molar-refractivity contribution in [3.05, 3.63) is 81.4 Å². The first-order valence-electron chi connectivity index (χ1n) is 6.41. The Morgan fingerprint density at radius 1 is 1.09 bits per heavy atom. The number of benzene rings is 2. The summed E-state index contributed by atoms with van der Waals surface area (Å²) in [4.78, 5) is 22.0. The molecule has 7 heteroatoms. The fourth-order valence-electron chi connectivity index (χ4n) is 1.86. The zero-order valence-corrected chi connectivity index (χ0v) is 11.6. The third-order valence-electron chi connectivity index (χ3n) is 2.98. The maximum atomic E-state index is 12.6. The Balaban J connectivity index is 2.22. The Morgan fingerprint density at radius 3 is 2.43 bits per heavy atom. The molecule has 0 saturated heterocycles. The summed E-state index contributed by atoms with van der Waals surface area (Å²) in [6, 6.07) is 9.62. The molecule has 0 bridgehead atoms. The number of carbonyl (C=O) groups excluding carboxylic acids is 1. The van der Waals surface area contributed by atoms with Gasteiger partial charge in [-0.25, -0.2) is 0 Å². The van der Waals surface area contributed by atoms with Crippen molar-refractivity contribution in [3.8, 4) is 0 Å². The van der Waals surface area contributed by atoms with E-state index in [2.05, 4.69) is 0 Å². The summed E-state index contributed by atoms with van der Waals surface area (Å²) in [5, 5.41) is 10.7. The summed E-state index contributed by atoms with van der Waals surface area (Å²) in [6.45, 7) is 0. The normalized spacial score (nSPS) is 11.6. The summed E-state index contributed by atoms with van der Waals surface area (Å²) in [6.07, 6.45) is -2.15. The average molecular weight is 321 g/mol. The summed E-state index contributed by atoms with van der Waals surface area (Å²) in [5.41, 5.74) is -0.758. The second-order valence-electron chi connectivity index (χ2n) is 4.63. The van der Waals surface area contributed by atoms with E-state index in [9.17, 15) is 28.1 Å². The maximum Gasteiger partial charge on any atom is 0.416 e. The van der Waals surface area contributed by atoms with Gasteiger partial charge in [0.05, 0.1) is 10.5 Å². The summed E-state index contributed by atoms with van der Waals surface area (Å²) in [7, 11) is 0. The van der Waals surface area contributed by atoms with Crippen LogP contribution in [0.2, 0.25) is 0 Å². The standard InChI is InChI=1S/C16H10F3NO3/c17-16(18,19)13-5-1-3-11(9-13)7-8-15(21)12-4-2-6-14(10-12)20(22)23/h1-10H/b8-7-. The molecule has 23 heavy (non-hydrogen) atoms. The van der Waals surface area contributed by atoms with Crippen LogP contribution in [0.4, 0.5) is 18.9 Å². The SMILES string of the molecule is O=C(/C=C\c1cccc(C(F)(F)F)c1)c1cccc([N+](=O)[O-])c1. The van der Waals surface area contributed by atoms with Crippen molar-refractivity contribution < 1.29 is 22.9 Å². The molecule has 0 saturated carbocycles. The smallest absolute Gasteiger partial charge is 0.289 e. The van der Waals surface area contributed by atoms with Gasteiger partial charge in [0, 0.05) is 17.7 Å². The fourth-order valence-corrected chi connectivity index (χ4v) is 1.86. The molecular weight excluding hydrogens is 311 g/mol. The van der Waals surface area contributed by atoms with Crippen LogP contribution >= 0.6 is 0 Å². The first-order chi connectivity index (χ1) is 10.8. The number of non-ortho nitro benzene ring substituents is 1. The molecule has 0 amide bonds. The van der Waals surface area contributed by atoms with Crippen molar-refractivity contribution in [1.82, 2.24) is 0 Å². The highest BCUT2D eigenvalue weighted by atomic mass is 19.4. The van der Waals surface area contributed by atoms with Gasteiger partial charge in [-0.05, 0) is 23.8 Å². The highest BCUT2D eigenvalue weighted by Gasteiger charge is 2.30. The molecule has 0 radical (unpaired) electrons. The number of nitrogens with zero attached hydrogens (tertiary/aromatic N) is 1. The summed E-state index contributed by atoms with van der Waals surface area (Å²) in [5.74, 6) is -0.536. The van der Waals surface area contributed by atoms with Gasteiger partial charge < -0.3 is 0 Å².